The summed E-state index contributed by atoms with van der Waals surface area (Å²) in [6.07, 6.45) is 3.13. The summed E-state index contributed by atoms with van der Waals surface area (Å²) in [5.74, 6) is 0.962. The highest BCUT2D eigenvalue weighted by Crippen LogP contribution is 2.34. The lowest BCUT2D eigenvalue weighted by Gasteiger charge is -2.37. The average molecular weight is 290 g/mol. The van der Waals surface area contributed by atoms with Crippen LogP contribution in [0.15, 0.2) is 24.3 Å². The molecule has 0 amide bonds. The van der Waals surface area contributed by atoms with Crippen LogP contribution in [0.3, 0.4) is 0 Å². The fourth-order valence-corrected chi connectivity index (χ4v) is 3.17. The fraction of sp³-hybridized carbons (Fsp3) is 0.667. The van der Waals surface area contributed by atoms with Crippen molar-refractivity contribution in [1.82, 2.24) is 0 Å². The Morgan fingerprint density at radius 2 is 1.90 bits per heavy atom. The molecule has 3 rings (SSSR count). The molecule has 2 aliphatic heterocycles. The molecular weight excluding hydrogens is 264 g/mol. The smallest absolute Gasteiger partial charge is 0.119 e. The molecule has 3 nitrogen and oxygen atoms in total. The summed E-state index contributed by atoms with van der Waals surface area (Å²) in [5.41, 5.74) is 1.43. The van der Waals surface area contributed by atoms with Crippen LogP contribution in [0.25, 0.3) is 0 Å². The number of ether oxygens (including phenoxy) is 3. The van der Waals surface area contributed by atoms with Gasteiger partial charge in [-0.2, -0.15) is 0 Å². The minimum Gasteiger partial charge on any atom is -0.490 e. The Morgan fingerprint density at radius 1 is 1.14 bits per heavy atom. The predicted molar refractivity (Wildman–Crippen MR) is 82.9 cm³/mol. The van der Waals surface area contributed by atoms with Crippen molar-refractivity contribution in [2.45, 2.75) is 57.2 Å². The molecule has 116 valence electrons. The first-order chi connectivity index (χ1) is 9.97. The maximum atomic E-state index is 6.17. The topological polar surface area (TPSA) is 27.7 Å². The van der Waals surface area contributed by atoms with E-state index in [2.05, 4.69) is 45.0 Å². The molecule has 2 saturated heterocycles. The Bertz CT molecular complexity index is 466. The Morgan fingerprint density at radius 3 is 2.52 bits per heavy atom. The van der Waals surface area contributed by atoms with E-state index >= 15 is 0 Å². The molecule has 1 spiro atoms. The summed E-state index contributed by atoms with van der Waals surface area (Å²) in [6.45, 7) is 8.98. The highest BCUT2D eigenvalue weighted by molar-refractivity contribution is 5.31. The van der Waals surface area contributed by atoms with Crippen molar-refractivity contribution in [3.8, 4) is 5.75 Å². The van der Waals surface area contributed by atoms with Crippen LogP contribution in [0.5, 0.6) is 5.75 Å². The molecule has 0 aromatic heterocycles. The molecule has 3 heteroatoms. The van der Waals surface area contributed by atoms with Gasteiger partial charge in [0.2, 0.25) is 0 Å². The van der Waals surface area contributed by atoms with Gasteiger partial charge in [0.15, 0.2) is 0 Å². The molecule has 1 aromatic rings. The summed E-state index contributed by atoms with van der Waals surface area (Å²) < 4.78 is 17.6. The van der Waals surface area contributed by atoms with Crippen molar-refractivity contribution < 1.29 is 14.2 Å². The number of hydrogen-bond acceptors (Lipinski definition) is 3. The first-order valence-corrected chi connectivity index (χ1v) is 7.96. The molecule has 2 fully saturated rings. The SMILES string of the molecule is CC(C)(C)c1ccc(OC2CCOC3(CCOC3)C2)cc1. The largest absolute Gasteiger partial charge is 0.490 e. The summed E-state index contributed by atoms with van der Waals surface area (Å²) in [6, 6.07) is 8.52. The normalized spacial score (nSPS) is 29.8. The van der Waals surface area contributed by atoms with Crippen LogP contribution in [0.1, 0.15) is 45.6 Å². The van der Waals surface area contributed by atoms with Crippen molar-refractivity contribution in [2.24, 2.45) is 0 Å². The third-order valence-electron chi connectivity index (χ3n) is 4.54. The van der Waals surface area contributed by atoms with Gasteiger partial charge >= 0.3 is 0 Å². The number of rotatable bonds is 2. The maximum Gasteiger partial charge on any atom is 0.119 e. The molecule has 2 heterocycles. The van der Waals surface area contributed by atoms with E-state index in [0.29, 0.717) is 0 Å². The highest BCUT2D eigenvalue weighted by atomic mass is 16.6. The molecule has 2 aliphatic rings. The molecule has 21 heavy (non-hydrogen) atoms. The summed E-state index contributed by atoms with van der Waals surface area (Å²) >= 11 is 0. The third kappa shape index (κ3) is 3.41. The van der Waals surface area contributed by atoms with Crippen molar-refractivity contribution in [3.63, 3.8) is 0 Å². The minimum absolute atomic E-state index is 0.0890. The molecular formula is C18H26O3. The quantitative estimate of drug-likeness (QED) is 0.831. The van der Waals surface area contributed by atoms with Gasteiger partial charge in [-0.25, -0.2) is 0 Å². The van der Waals surface area contributed by atoms with Crippen LogP contribution in [0.4, 0.5) is 0 Å². The van der Waals surface area contributed by atoms with E-state index in [0.717, 1.165) is 44.8 Å². The zero-order valence-electron chi connectivity index (χ0n) is 13.4. The van der Waals surface area contributed by atoms with Crippen LogP contribution in [-0.4, -0.2) is 31.5 Å². The van der Waals surface area contributed by atoms with Gasteiger partial charge in [-0.1, -0.05) is 32.9 Å². The summed E-state index contributed by atoms with van der Waals surface area (Å²) in [5, 5.41) is 0. The third-order valence-corrected chi connectivity index (χ3v) is 4.54. The van der Waals surface area contributed by atoms with Gasteiger partial charge in [-0.05, 0) is 23.1 Å². The van der Waals surface area contributed by atoms with Crippen LogP contribution in [-0.2, 0) is 14.9 Å². The van der Waals surface area contributed by atoms with E-state index in [1.165, 1.54) is 5.56 Å². The van der Waals surface area contributed by atoms with Gasteiger partial charge < -0.3 is 14.2 Å². The minimum atomic E-state index is -0.0890. The molecule has 0 bridgehead atoms. The van der Waals surface area contributed by atoms with Gasteiger partial charge in [0, 0.05) is 25.9 Å². The molecule has 0 aliphatic carbocycles. The Balaban J connectivity index is 1.63. The zero-order valence-corrected chi connectivity index (χ0v) is 13.4. The van der Waals surface area contributed by atoms with Crippen molar-refractivity contribution >= 4 is 0 Å². The fourth-order valence-electron chi connectivity index (χ4n) is 3.17. The van der Waals surface area contributed by atoms with E-state index in [9.17, 15) is 0 Å². The van der Waals surface area contributed by atoms with Crippen molar-refractivity contribution in [2.75, 3.05) is 19.8 Å². The Labute approximate surface area is 127 Å². The first kappa shape index (κ1) is 14.9. The molecule has 2 atom stereocenters. The lowest BCUT2D eigenvalue weighted by atomic mass is 9.87. The predicted octanol–water partition coefficient (Wildman–Crippen LogP) is 3.70. The van der Waals surface area contributed by atoms with Gasteiger partial charge in [0.1, 0.15) is 11.9 Å². The molecule has 1 aromatic carbocycles. The lowest BCUT2D eigenvalue weighted by Crippen LogP contribution is -2.44. The Hall–Kier alpha value is -1.06. The molecule has 0 N–H and O–H groups in total. The van der Waals surface area contributed by atoms with Gasteiger partial charge in [0.25, 0.3) is 0 Å². The molecule has 0 radical (unpaired) electrons. The zero-order chi connectivity index (χ0) is 14.9. The number of hydrogen-bond donors (Lipinski definition) is 0. The summed E-state index contributed by atoms with van der Waals surface area (Å²) in [4.78, 5) is 0. The lowest BCUT2D eigenvalue weighted by molar-refractivity contribution is -0.112. The van der Waals surface area contributed by atoms with Crippen molar-refractivity contribution in [1.29, 1.82) is 0 Å². The highest BCUT2D eigenvalue weighted by Gasteiger charge is 2.41. The van der Waals surface area contributed by atoms with Gasteiger partial charge in [0.05, 0.1) is 18.8 Å². The molecule has 0 saturated carbocycles. The van der Waals surface area contributed by atoms with Crippen LogP contribution < -0.4 is 4.74 Å². The van der Waals surface area contributed by atoms with Gasteiger partial charge in [-0.15, -0.1) is 0 Å². The van der Waals surface area contributed by atoms with E-state index in [-0.39, 0.29) is 17.1 Å². The van der Waals surface area contributed by atoms with E-state index in [1.54, 1.807) is 0 Å². The second kappa shape index (κ2) is 5.62. The Kier molecular flexibility index (Phi) is 3.98. The first-order valence-electron chi connectivity index (χ1n) is 7.96. The maximum absolute atomic E-state index is 6.17. The van der Waals surface area contributed by atoms with E-state index < -0.39 is 0 Å². The monoisotopic (exact) mass is 290 g/mol. The number of benzene rings is 1. The standard InChI is InChI=1S/C18H26O3/c1-17(2,3)14-4-6-15(7-5-14)21-16-8-10-20-18(12-16)9-11-19-13-18/h4-7,16H,8-13H2,1-3H3. The van der Waals surface area contributed by atoms with Crippen LogP contribution in [0, 0.1) is 0 Å². The van der Waals surface area contributed by atoms with Crippen molar-refractivity contribution in [3.05, 3.63) is 29.8 Å². The second-order valence-electron chi connectivity index (χ2n) is 7.34. The molecule has 2 unspecified atom stereocenters. The van der Waals surface area contributed by atoms with Gasteiger partial charge in [-0.3, -0.25) is 0 Å². The van der Waals surface area contributed by atoms with Crippen LogP contribution in [0.2, 0.25) is 0 Å². The second-order valence-corrected chi connectivity index (χ2v) is 7.34. The van der Waals surface area contributed by atoms with E-state index in [1.807, 2.05) is 0 Å². The average Bonchev–Trinajstić information content (AvgIpc) is 2.86. The summed E-state index contributed by atoms with van der Waals surface area (Å²) in [7, 11) is 0. The van der Waals surface area contributed by atoms with E-state index in [4.69, 9.17) is 14.2 Å². The van der Waals surface area contributed by atoms with Crippen LogP contribution >= 0.6 is 0 Å².